The van der Waals surface area contributed by atoms with Crippen molar-refractivity contribution in [3.63, 3.8) is 0 Å². The summed E-state index contributed by atoms with van der Waals surface area (Å²) in [6, 6.07) is 11.9. The highest BCUT2D eigenvalue weighted by molar-refractivity contribution is 7.12. The molecular weight excluding hydrogens is 346 g/mol. The fourth-order valence-electron chi connectivity index (χ4n) is 2.61. The first kappa shape index (κ1) is 18.2. The smallest absolute Gasteiger partial charge is 0.264 e. The molecule has 0 bridgehead atoms. The van der Waals surface area contributed by atoms with E-state index in [1.165, 1.54) is 16.9 Å². The summed E-state index contributed by atoms with van der Waals surface area (Å²) in [5.41, 5.74) is 3.29. The number of hydrogen-bond acceptors (Lipinski definition) is 4. The van der Waals surface area contributed by atoms with Crippen LogP contribution in [-0.4, -0.2) is 27.6 Å². The summed E-state index contributed by atoms with van der Waals surface area (Å²) < 4.78 is 7.60. The first-order valence-electron chi connectivity index (χ1n) is 8.58. The van der Waals surface area contributed by atoms with Gasteiger partial charge < -0.3 is 9.64 Å². The molecule has 0 radical (unpaired) electrons. The number of benzene rings is 1. The molecule has 1 amide bonds. The van der Waals surface area contributed by atoms with Crippen molar-refractivity contribution in [3.8, 4) is 5.75 Å². The summed E-state index contributed by atoms with van der Waals surface area (Å²) >= 11 is 1.45. The van der Waals surface area contributed by atoms with Gasteiger partial charge >= 0.3 is 0 Å². The molecule has 0 aliphatic heterocycles. The summed E-state index contributed by atoms with van der Waals surface area (Å²) in [5.74, 6) is 0.851. The maximum absolute atomic E-state index is 12.6. The van der Waals surface area contributed by atoms with Crippen LogP contribution in [0.2, 0.25) is 0 Å². The topological polar surface area (TPSA) is 47.4 Å². The van der Waals surface area contributed by atoms with Crippen LogP contribution in [0.4, 0.5) is 0 Å². The van der Waals surface area contributed by atoms with Crippen molar-refractivity contribution in [3.05, 3.63) is 69.7 Å². The van der Waals surface area contributed by atoms with Gasteiger partial charge in [-0.15, -0.1) is 11.3 Å². The Morgan fingerprint density at radius 3 is 2.65 bits per heavy atom. The zero-order valence-electron chi connectivity index (χ0n) is 15.3. The average Bonchev–Trinajstić information content (AvgIpc) is 3.29. The molecule has 3 aromatic rings. The molecule has 0 fully saturated rings. The first-order valence-corrected chi connectivity index (χ1v) is 9.46. The van der Waals surface area contributed by atoms with Crippen molar-refractivity contribution < 1.29 is 9.53 Å². The van der Waals surface area contributed by atoms with Gasteiger partial charge in [0.15, 0.2) is 0 Å². The van der Waals surface area contributed by atoms with Gasteiger partial charge in [-0.2, -0.15) is 5.10 Å². The number of nitrogens with zero attached hydrogens (tertiary/aromatic N) is 3. The van der Waals surface area contributed by atoms with Crippen molar-refractivity contribution in [1.29, 1.82) is 0 Å². The van der Waals surface area contributed by atoms with Crippen molar-refractivity contribution in [1.82, 2.24) is 14.7 Å². The van der Waals surface area contributed by atoms with Gasteiger partial charge in [-0.1, -0.05) is 19.1 Å². The highest BCUT2D eigenvalue weighted by Gasteiger charge is 2.16. The number of ether oxygens (including phenoxy) is 1. The summed E-state index contributed by atoms with van der Waals surface area (Å²) in [4.78, 5) is 15.0. The monoisotopic (exact) mass is 369 g/mol. The number of hydrogen-bond donors (Lipinski definition) is 0. The van der Waals surface area contributed by atoms with Crippen LogP contribution in [0.3, 0.4) is 0 Å². The molecule has 0 aliphatic rings. The molecule has 0 aliphatic carbocycles. The van der Waals surface area contributed by atoms with Gasteiger partial charge in [0.1, 0.15) is 12.4 Å². The number of aryl methyl sites for hydroxylation is 2. The second kappa shape index (κ2) is 8.19. The molecule has 1 aromatic carbocycles. The molecule has 2 aromatic heterocycles. The Morgan fingerprint density at radius 2 is 2.00 bits per heavy atom. The van der Waals surface area contributed by atoms with Crippen LogP contribution < -0.4 is 4.74 Å². The Bertz CT molecular complexity index is 867. The summed E-state index contributed by atoms with van der Waals surface area (Å²) in [5, 5.41) is 6.11. The van der Waals surface area contributed by atoms with Crippen LogP contribution in [0.25, 0.3) is 0 Å². The molecule has 0 spiro atoms. The summed E-state index contributed by atoms with van der Waals surface area (Å²) in [6.07, 6.45) is 2.75. The van der Waals surface area contributed by atoms with E-state index in [9.17, 15) is 4.79 Å². The van der Waals surface area contributed by atoms with Gasteiger partial charge in [-0.25, -0.2) is 0 Å². The summed E-state index contributed by atoms with van der Waals surface area (Å²) in [6.45, 7) is 3.12. The zero-order chi connectivity index (χ0) is 18.5. The Balaban J connectivity index is 1.57. The van der Waals surface area contributed by atoms with Gasteiger partial charge in [-0.3, -0.25) is 9.48 Å². The fourth-order valence-corrected chi connectivity index (χ4v) is 3.50. The van der Waals surface area contributed by atoms with Crippen molar-refractivity contribution in [2.24, 2.45) is 7.05 Å². The van der Waals surface area contributed by atoms with E-state index in [0.29, 0.717) is 13.2 Å². The van der Waals surface area contributed by atoms with Gasteiger partial charge in [0.05, 0.1) is 17.1 Å². The third-order valence-corrected chi connectivity index (χ3v) is 5.24. The van der Waals surface area contributed by atoms with Gasteiger partial charge in [0.2, 0.25) is 0 Å². The molecule has 2 heterocycles. The van der Waals surface area contributed by atoms with Crippen LogP contribution in [-0.2, 0) is 26.6 Å². The Kier molecular flexibility index (Phi) is 5.73. The standard InChI is InChI=1S/C20H23N3O2S/c1-4-15-5-7-18(8-6-15)25-13-16-11-19(26-14-16)20(24)22(2)12-17-9-10-21-23(17)3/h5-11,14H,4,12-13H2,1-3H3. The van der Waals surface area contributed by atoms with Crippen LogP contribution in [0.15, 0.2) is 48.0 Å². The number of aromatic nitrogens is 2. The van der Waals surface area contributed by atoms with E-state index in [-0.39, 0.29) is 5.91 Å². The number of carbonyl (C=O) groups excluding carboxylic acids is 1. The van der Waals surface area contributed by atoms with E-state index in [0.717, 1.165) is 28.3 Å². The minimum absolute atomic E-state index is 0.00903. The van der Waals surface area contributed by atoms with E-state index < -0.39 is 0 Å². The second-order valence-electron chi connectivity index (χ2n) is 6.21. The zero-order valence-corrected chi connectivity index (χ0v) is 16.1. The van der Waals surface area contributed by atoms with Crippen molar-refractivity contribution in [2.75, 3.05) is 7.05 Å². The number of amides is 1. The molecular formula is C20H23N3O2S. The first-order chi connectivity index (χ1) is 12.6. The van der Waals surface area contributed by atoms with Gasteiger partial charge in [-0.05, 0) is 41.6 Å². The normalized spacial score (nSPS) is 10.7. The van der Waals surface area contributed by atoms with Crippen LogP contribution >= 0.6 is 11.3 Å². The van der Waals surface area contributed by atoms with E-state index in [2.05, 4.69) is 24.2 Å². The molecule has 0 saturated carbocycles. The molecule has 26 heavy (non-hydrogen) atoms. The van der Waals surface area contributed by atoms with Crippen molar-refractivity contribution in [2.45, 2.75) is 26.5 Å². The molecule has 0 N–H and O–H groups in total. The molecule has 0 saturated heterocycles. The third-order valence-electron chi connectivity index (χ3n) is 4.27. The summed E-state index contributed by atoms with van der Waals surface area (Å²) in [7, 11) is 3.68. The minimum atomic E-state index is 0.00903. The molecule has 6 heteroatoms. The Labute approximate surface area is 157 Å². The lowest BCUT2D eigenvalue weighted by Gasteiger charge is -2.16. The highest BCUT2D eigenvalue weighted by Crippen LogP contribution is 2.20. The maximum atomic E-state index is 12.6. The largest absolute Gasteiger partial charge is 0.489 e. The lowest BCUT2D eigenvalue weighted by Crippen LogP contribution is -2.26. The fraction of sp³-hybridized carbons (Fsp3) is 0.300. The van der Waals surface area contributed by atoms with E-state index in [4.69, 9.17) is 4.74 Å². The lowest BCUT2D eigenvalue weighted by atomic mass is 10.2. The van der Waals surface area contributed by atoms with Gasteiger partial charge in [0, 0.05) is 25.9 Å². The molecule has 0 atom stereocenters. The number of rotatable bonds is 7. The Hall–Kier alpha value is -2.60. The molecule has 5 nitrogen and oxygen atoms in total. The number of thiophene rings is 1. The van der Waals surface area contributed by atoms with E-state index in [1.54, 1.807) is 22.8 Å². The predicted molar refractivity (Wildman–Crippen MR) is 103 cm³/mol. The predicted octanol–water partition coefficient (Wildman–Crippen LogP) is 3.90. The lowest BCUT2D eigenvalue weighted by molar-refractivity contribution is 0.0786. The average molecular weight is 369 g/mol. The molecule has 3 rings (SSSR count). The molecule has 0 unspecified atom stereocenters. The number of carbonyl (C=O) groups is 1. The molecule has 136 valence electrons. The van der Waals surface area contributed by atoms with E-state index in [1.807, 2.05) is 36.7 Å². The Morgan fingerprint density at radius 1 is 1.23 bits per heavy atom. The van der Waals surface area contributed by atoms with Gasteiger partial charge in [0.25, 0.3) is 5.91 Å². The minimum Gasteiger partial charge on any atom is -0.489 e. The maximum Gasteiger partial charge on any atom is 0.264 e. The third kappa shape index (κ3) is 4.32. The second-order valence-corrected chi connectivity index (χ2v) is 7.12. The van der Waals surface area contributed by atoms with Crippen LogP contribution in [0.5, 0.6) is 5.75 Å². The van der Waals surface area contributed by atoms with E-state index >= 15 is 0 Å². The van der Waals surface area contributed by atoms with Crippen LogP contribution in [0, 0.1) is 0 Å². The van der Waals surface area contributed by atoms with Crippen molar-refractivity contribution >= 4 is 17.2 Å². The highest BCUT2D eigenvalue weighted by atomic mass is 32.1. The van der Waals surface area contributed by atoms with Crippen LogP contribution in [0.1, 0.15) is 33.4 Å². The quantitative estimate of drug-likeness (QED) is 0.635. The SMILES string of the molecule is CCc1ccc(OCc2csc(C(=O)N(C)Cc3ccnn3C)c2)cc1.